The Bertz CT molecular complexity index is 658. The van der Waals surface area contributed by atoms with Crippen molar-refractivity contribution in [1.82, 2.24) is 9.88 Å². The van der Waals surface area contributed by atoms with Crippen molar-refractivity contribution in [2.24, 2.45) is 0 Å². The molecular formula is C17H18FN3O2. The molecule has 1 saturated heterocycles. The van der Waals surface area contributed by atoms with Crippen LogP contribution in [0.25, 0.3) is 0 Å². The van der Waals surface area contributed by atoms with Gasteiger partial charge in [0.25, 0.3) is 0 Å². The van der Waals surface area contributed by atoms with E-state index in [-0.39, 0.29) is 18.5 Å². The van der Waals surface area contributed by atoms with Crippen LogP contribution < -0.4 is 4.90 Å². The topological polar surface area (TPSA) is 45.7 Å². The summed E-state index contributed by atoms with van der Waals surface area (Å²) in [5.74, 6) is 0.294. The van der Waals surface area contributed by atoms with Crippen molar-refractivity contribution in [1.29, 1.82) is 0 Å². The molecule has 1 aliphatic heterocycles. The molecule has 1 aromatic carbocycles. The van der Waals surface area contributed by atoms with Crippen molar-refractivity contribution in [2.75, 3.05) is 31.1 Å². The van der Waals surface area contributed by atoms with Crippen LogP contribution in [0.4, 0.5) is 15.0 Å². The van der Waals surface area contributed by atoms with Gasteiger partial charge in [-0.2, -0.15) is 0 Å². The molecule has 0 N–H and O–H groups in total. The maximum absolute atomic E-state index is 13.2. The Hall–Kier alpha value is -2.63. The van der Waals surface area contributed by atoms with E-state index in [1.165, 1.54) is 18.3 Å². The molecule has 0 spiro atoms. The number of rotatable bonds is 3. The lowest BCUT2D eigenvalue weighted by atomic mass is 10.2. The Kier molecular flexibility index (Phi) is 4.71. The Labute approximate surface area is 134 Å². The van der Waals surface area contributed by atoms with Crippen molar-refractivity contribution in [2.45, 2.75) is 6.61 Å². The zero-order valence-corrected chi connectivity index (χ0v) is 12.7. The van der Waals surface area contributed by atoms with E-state index in [4.69, 9.17) is 4.74 Å². The van der Waals surface area contributed by atoms with E-state index in [2.05, 4.69) is 4.98 Å². The summed E-state index contributed by atoms with van der Waals surface area (Å²) >= 11 is 0. The number of pyridine rings is 1. The maximum Gasteiger partial charge on any atom is 0.410 e. The molecule has 23 heavy (non-hydrogen) atoms. The molecule has 0 bridgehead atoms. The second-order valence-electron chi connectivity index (χ2n) is 5.35. The molecule has 6 heteroatoms. The van der Waals surface area contributed by atoms with Crippen LogP contribution in [0.15, 0.2) is 48.7 Å². The highest BCUT2D eigenvalue weighted by Crippen LogP contribution is 2.15. The van der Waals surface area contributed by atoms with Gasteiger partial charge in [0, 0.05) is 38.4 Å². The van der Waals surface area contributed by atoms with E-state index in [9.17, 15) is 9.18 Å². The van der Waals surface area contributed by atoms with Crippen LogP contribution in [0.3, 0.4) is 0 Å². The highest BCUT2D eigenvalue weighted by molar-refractivity contribution is 5.68. The molecule has 1 aliphatic rings. The summed E-state index contributed by atoms with van der Waals surface area (Å²) in [6.07, 6.45) is 1.13. The van der Waals surface area contributed by atoms with Crippen LogP contribution in [0.2, 0.25) is 0 Å². The number of nitrogens with zero attached hydrogens (tertiary/aromatic N) is 3. The van der Waals surface area contributed by atoms with Gasteiger partial charge in [0.15, 0.2) is 0 Å². The minimum absolute atomic E-state index is 0.269. The highest BCUT2D eigenvalue weighted by Gasteiger charge is 2.23. The third-order valence-electron chi connectivity index (χ3n) is 3.77. The monoisotopic (exact) mass is 315 g/mol. The quantitative estimate of drug-likeness (QED) is 0.873. The summed E-state index contributed by atoms with van der Waals surface area (Å²) in [7, 11) is 0. The van der Waals surface area contributed by atoms with Gasteiger partial charge >= 0.3 is 6.09 Å². The first kappa shape index (κ1) is 15.3. The SMILES string of the molecule is O=C(OCc1ccccc1)N1CCN(c2cc(F)ccn2)CC1. The van der Waals surface area contributed by atoms with Crippen LogP contribution in [-0.4, -0.2) is 42.2 Å². The van der Waals surface area contributed by atoms with E-state index in [0.29, 0.717) is 32.0 Å². The molecule has 5 nitrogen and oxygen atoms in total. The average molecular weight is 315 g/mol. The van der Waals surface area contributed by atoms with Crippen molar-refractivity contribution in [3.63, 3.8) is 0 Å². The fraction of sp³-hybridized carbons (Fsp3) is 0.294. The fourth-order valence-corrected chi connectivity index (χ4v) is 2.50. The molecular weight excluding hydrogens is 297 g/mol. The van der Waals surface area contributed by atoms with Gasteiger partial charge in [-0.25, -0.2) is 14.2 Å². The average Bonchev–Trinajstić information content (AvgIpc) is 2.61. The molecule has 0 radical (unpaired) electrons. The van der Waals surface area contributed by atoms with E-state index in [1.54, 1.807) is 4.90 Å². The minimum Gasteiger partial charge on any atom is -0.445 e. The number of hydrogen-bond donors (Lipinski definition) is 0. The molecule has 120 valence electrons. The van der Waals surface area contributed by atoms with Crippen LogP contribution in [0.1, 0.15) is 5.56 Å². The molecule has 0 unspecified atom stereocenters. The first-order valence-corrected chi connectivity index (χ1v) is 7.54. The molecule has 3 rings (SSSR count). The van der Waals surface area contributed by atoms with Crippen molar-refractivity contribution < 1.29 is 13.9 Å². The van der Waals surface area contributed by atoms with Crippen LogP contribution >= 0.6 is 0 Å². The Balaban J connectivity index is 1.49. The number of ether oxygens (including phenoxy) is 1. The highest BCUT2D eigenvalue weighted by atomic mass is 19.1. The number of amides is 1. The van der Waals surface area contributed by atoms with Gasteiger partial charge in [-0.05, 0) is 11.6 Å². The van der Waals surface area contributed by atoms with Crippen LogP contribution in [-0.2, 0) is 11.3 Å². The number of piperazine rings is 1. The van der Waals surface area contributed by atoms with Gasteiger partial charge in [-0.15, -0.1) is 0 Å². The number of anilines is 1. The second-order valence-corrected chi connectivity index (χ2v) is 5.35. The zero-order chi connectivity index (χ0) is 16.1. The summed E-state index contributed by atoms with van der Waals surface area (Å²) in [6.45, 7) is 2.55. The summed E-state index contributed by atoms with van der Waals surface area (Å²) in [6, 6.07) is 12.3. The standard InChI is InChI=1S/C17H18FN3O2/c18-15-6-7-19-16(12-15)20-8-10-21(11-9-20)17(22)23-13-14-4-2-1-3-5-14/h1-7,12H,8-11,13H2. The number of halogens is 1. The third kappa shape index (κ3) is 3.97. The molecule has 1 aromatic heterocycles. The van der Waals surface area contributed by atoms with Crippen molar-refractivity contribution >= 4 is 11.9 Å². The molecule has 1 fully saturated rings. The number of carbonyl (C=O) groups excluding carboxylic acids is 1. The second kappa shape index (κ2) is 7.09. The van der Waals surface area contributed by atoms with Crippen molar-refractivity contribution in [3.8, 4) is 0 Å². The van der Waals surface area contributed by atoms with Gasteiger partial charge in [0.2, 0.25) is 0 Å². The number of carbonyl (C=O) groups is 1. The summed E-state index contributed by atoms with van der Waals surface area (Å²) in [5.41, 5.74) is 0.962. The lowest BCUT2D eigenvalue weighted by Gasteiger charge is -2.34. The minimum atomic E-state index is -0.319. The van der Waals surface area contributed by atoms with Gasteiger partial charge in [-0.3, -0.25) is 0 Å². The first-order chi connectivity index (χ1) is 11.2. The summed E-state index contributed by atoms with van der Waals surface area (Å²) < 4.78 is 18.6. The van der Waals surface area contributed by atoms with E-state index >= 15 is 0 Å². The smallest absolute Gasteiger partial charge is 0.410 e. The van der Waals surface area contributed by atoms with Gasteiger partial charge in [-0.1, -0.05) is 30.3 Å². The Morgan fingerprint density at radius 2 is 1.87 bits per heavy atom. The first-order valence-electron chi connectivity index (χ1n) is 7.54. The predicted molar refractivity (Wildman–Crippen MR) is 84.6 cm³/mol. The third-order valence-corrected chi connectivity index (χ3v) is 3.77. The van der Waals surface area contributed by atoms with E-state index < -0.39 is 0 Å². The molecule has 2 heterocycles. The molecule has 2 aromatic rings. The Morgan fingerprint density at radius 3 is 2.57 bits per heavy atom. The van der Waals surface area contributed by atoms with E-state index in [0.717, 1.165) is 5.56 Å². The Morgan fingerprint density at radius 1 is 1.13 bits per heavy atom. The number of hydrogen-bond acceptors (Lipinski definition) is 4. The molecule has 1 amide bonds. The zero-order valence-electron chi connectivity index (χ0n) is 12.7. The lowest BCUT2D eigenvalue weighted by molar-refractivity contribution is 0.0941. The maximum atomic E-state index is 13.2. The molecule has 0 aliphatic carbocycles. The molecule has 0 atom stereocenters. The largest absolute Gasteiger partial charge is 0.445 e. The fourth-order valence-electron chi connectivity index (χ4n) is 2.50. The van der Waals surface area contributed by atoms with Crippen molar-refractivity contribution in [3.05, 3.63) is 60.0 Å². The summed E-state index contributed by atoms with van der Waals surface area (Å²) in [4.78, 5) is 19.9. The van der Waals surface area contributed by atoms with Gasteiger partial charge in [0.05, 0.1) is 0 Å². The predicted octanol–water partition coefficient (Wildman–Crippen LogP) is 2.68. The molecule has 0 saturated carbocycles. The van der Waals surface area contributed by atoms with Gasteiger partial charge < -0.3 is 14.5 Å². The van der Waals surface area contributed by atoms with E-state index in [1.807, 2.05) is 35.2 Å². The number of benzene rings is 1. The van der Waals surface area contributed by atoms with Gasteiger partial charge in [0.1, 0.15) is 18.2 Å². The van der Waals surface area contributed by atoms with Crippen LogP contribution in [0, 0.1) is 5.82 Å². The summed E-state index contributed by atoms with van der Waals surface area (Å²) in [5, 5.41) is 0. The normalized spacial score (nSPS) is 14.7. The number of aromatic nitrogens is 1. The lowest BCUT2D eigenvalue weighted by Crippen LogP contribution is -2.49. The van der Waals surface area contributed by atoms with Crippen LogP contribution in [0.5, 0.6) is 0 Å².